The Kier molecular flexibility index (Phi) is 6.65. The number of ether oxygens (including phenoxy) is 1. The highest BCUT2D eigenvalue weighted by molar-refractivity contribution is 6.02. The number of nitrogens with zero attached hydrogens (tertiary/aromatic N) is 3. The number of halogens is 3. The minimum atomic E-state index is -4.46. The first-order valence-electron chi connectivity index (χ1n) is 9.19. The molecular formula is C20H19F3N4O3. The number of anilines is 1. The highest BCUT2D eigenvalue weighted by Crippen LogP contribution is 2.18. The van der Waals surface area contributed by atoms with Gasteiger partial charge in [-0.1, -0.05) is 30.3 Å². The summed E-state index contributed by atoms with van der Waals surface area (Å²) in [7, 11) is 0. The topological polar surface area (TPSA) is 83.9 Å². The van der Waals surface area contributed by atoms with Crippen molar-refractivity contribution in [2.45, 2.75) is 25.4 Å². The number of benzene rings is 1. The van der Waals surface area contributed by atoms with Crippen molar-refractivity contribution in [3.8, 4) is 5.88 Å². The number of pyridine rings is 1. The second-order valence-electron chi connectivity index (χ2n) is 6.52. The Morgan fingerprint density at radius 3 is 2.53 bits per heavy atom. The molecule has 158 valence electrons. The normalized spacial score (nSPS) is 13.7. The van der Waals surface area contributed by atoms with Gasteiger partial charge in [0.05, 0.1) is 24.1 Å². The smallest absolute Gasteiger partial charge is 0.422 e. The van der Waals surface area contributed by atoms with Crippen LogP contribution in [-0.2, 0) is 9.59 Å². The minimum Gasteiger partial charge on any atom is -0.468 e. The third-order valence-electron chi connectivity index (χ3n) is 4.17. The lowest BCUT2D eigenvalue weighted by Gasteiger charge is -2.11. The van der Waals surface area contributed by atoms with Gasteiger partial charge in [-0.3, -0.25) is 9.59 Å². The Bertz CT molecular complexity index is 915. The number of hydrogen-bond acceptors (Lipinski definition) is 5. The van der Waals surface area contributed by atoms with Crippen molar-refractivity contribution in [3.05, 3.63) is 54.2 Å². The highest BCUT2D eigenvalue weighted by atomic mass is 19.4. The predicted molar refractivity (Wildman–Crippen MR) is 103 cm³/mol. The van der Waals surface area contributed by atoms with Crippen molar-refractivity contribution in [3.63, 3.8) is 0 Å². The van der Waals surface area contributed by atoms with Crippen LogP contribution >= 0.6 is 0 Å². The fraction of sp³-hybridized carbons (Fsp3) is 0.300. The molecule has 2 amide bonds. The molecule has 0 fully saturated rings. The molecule has 0 saturated heterocycles. The first-order chi connectivity index (χ1) is 14.3. The van der Waals surface area contributed by atoms with Gasteiger partial charge in [0.2, 0.25) is 17.7 Å². The van der Waals surface area contributed by atoms with Gasteiger partial charge in [0.15, 0.2) is 6.61 Å². The predicted octanol–water partition coefficient (Wildman–Crippen LogP) is 3.38. The maximum Gasteiger partial charge on any atom is 0.422 e. The third kappa shape index (κ3) is 6.29. The molecule has 0 atom stereocenters. The molecule has 2 aromatic rings. The van der Waals surface area contributed by atoms with Crippen molar-refractivity contribution < 1.29 is 27.5 Å². The van der Waals surface area contributed by atoms with E-state index in [1.165, 1.54) is 23.3 Å². The van der Waals surface area contributed by atoms with E-state index in [9.17, 15) is 22.8 Å². The zero-order valence-corrected chi connectivity index (χ0v) is 15.9. The number of carbonyl (C=O) groups excluding carboxylic acids is 2. The van der Waals surface area contributed by atoms with E-state index in [1.54, 1.807) is 0 Å². The molecule has 7 nitrogen and oxygen atoms in total. The van der Waals surface area contributed by atoms with Gasteiger partial charge in [-0.2, -0.15) is 18.3 Å². The second kappa shape index (κ2) is 9.38. The fourth-order valence-corrected chi connectivity index (χ4v) is 2.74. The standard InChI is InChI=1S/C20H19F3N4O3/c21-20(22,23)13-30-18-8-6-15(12-24-18)25-17(28)7-9-19(29)27-11-10-16(26-27)14-4-2-1-3-5-14/h1-6,8,12H,7,9-11,13H2,(H,25,28). The van der Waals surface area contributed by atoms with Crippen LogP contribution < -0.4 is 10.1 Å². The summed E-state index contributed by atoms with van der Waals surface area (Å²) >= 11 is 0. The molecule has 1 N–H and O–H groups in total. The second-order valence-corrected chi connectivity index (χ2v) is 6.52. The maximum absolute atomic E-state index is 12.3. The van der Waals surface area contributed by atoms with E-state index in [0.717, 1.165) is 11.3 Å². The highest BCUT2D eigenvalue weighted by Gasteiger charge is 2.28. The first-order valence-corrected chi connectivity index (χ1v) is 9.19. The molecular weight excluding hydrogens is 401 g/mol. The van der Waals surface area contributed by atoms with Gasteiger partial charge >= 0.3 is 6.18 Å². The van der Waals surface area contributed by atoms with Crippen LogP contribution in [0.15, 0.2) is 53.8 Å². The van der Waals surface area contributed by atoms with Crippen LogP contribution in [0.25, 0.3) is 0 Å². The number of alkyl halides is 3. The summed E-state index contributed by atoms with van der Waals surface area (Å²) < 4.78 is 40.8. The van der Waals surface area contributed by atoms with Crippen molar-refractivity contribution in [2.75, 3.05) is 18.5 Å². The van der Waals surface area contributed by atoms with E-state index in [2.05, 4.69) is 20.1 Å². The number of rotatable bonds is 7. The van der Waals surface area contributed by atoms with Crippen LogP contribution in [0.1, 0.15) is 24.8 Å². The number of amides is 2. The summed E-state index contributed by atoms with van der Waals surface area (Å²) in [4.78, 5) is 28.0. The molecule has 0 unspecified atom stereocenters. The van der Waals surface area contributed by atoms with E-state index in [0.29, 0.717) is 13.0 Å². The van der Waals surface area contributed by atoms with Crippen LogP contribution in [0.4, 0.5) is 18.9 Å². The van der Waals surface area contributed by atoms with Gasteiger partial charge in [-0.15, -0.1) is 0 Å². The van der Waals surface area contributed by atoms with E-state index in [1.807, 2.05) is 30.3 Å². The molecule has 1 aromatic heterocycles. The van der Waals surface area contributed by atoms with Crippen LogP contribution in [-0.4, -0.2) is 46.8 Å². The Balaban J connectivity index is 1.44. The molecule has 0 spiro atoms. The number of aromatic nitrogens is 1. The van der Waals surface area contributed by atoms with Crippen molar-refractivity contribution in [1.82, 2.24) is 9.99 Å². The van der Waals surface area contributed by atoms with Gasteiger partial charge in [0.25, 0.3) is 0 Å². The molecule has 3 rings (SSSR count). The largest absolute Gasteiger partial charge is 0.468 e. The average Bonchev–Trinajstić information content (AvgIpc) is 3.22. The molecule has 0 aliphatic carbocycles. The van der Waals surface area contributed by atoms with Crippen LogP contribution in [0, 0.1) is 0 Å². The minimum absolute atomic E-state index is 0.0163. The van der Waals surface area contributed by atoms with Crippen LogP contribution in [0.2, 0.25) is 0 Å². The molecule has 0 radical (unpaired) electrons. The molecule has 0 bridgehead atoms. The van der Waals surface area contributed by atoms with Gasteiger partial charge in [-0.05, 0) is 11.6 Å². The summed E-state index contributed by atoms with van der Waals surface area (Å²) in [5.41, 5.74) is 2.07. The molecule has 1 aliphatic rings. The SMILES string of the molecule is O=C(CCC(=O)N1CCC(c2ccccc2)=N1)Nc1ccc(OCC(F)(F)F)nc1. The number of hydrazone groups is 1. The monoisotopic (exact) mass is 420 g/mol. The van der Waals surface area contributed by atoms with Crippen molar-refractivity contribution in [2.24, 2.45) is 5.10 Å². The van der Waals surface area contributed by atoms with Gasteiger partial charge in [0, 0.05) is 25.3 Å². The Hall–Kier alpha value is -3.43. The maximum atomic E-state index is 12.3. The molecule has 0 saturated carbocycles. The van der Waals surface area contributed by atoms with E-state index in [4.69, 9.17) is 0 Å². The van der Waals surface area contributed by atoms with E-state index < -0.39 is 18.7 Å². The van der Waals surface area contributed by atoms with Crippen LogP contribution in [0.5, 0.6) is 5.88 Å². The zero-order valence-electron chi connectivity index (χ0n) is 15.9. The van der Waals surface area contributed by atoms with Crippen LogP contribution in [0.3, 0.4) is 0 Å². The number of carbonyl (C=O) groups is 2. The zero-order chi connectivity index (χ0) is 21.6. The summed E-state index contributed by atoms with van der Waals surface area (Å²) in [5, 5.41) is 8.23. The van der Waals surface area contributed by atoms with Gasteiger partial charge in [0.1, 0.15) is 0 Å². The average molecular weight is 420 g/mol. The fourth-order valence-electron chi connectivity index (χ4n) is 2.74. The molecule has 1 aromatic carbocycles. The lowest BCUT2D eigenvalue weighted by Crippen LogP contribution is -2.25. The molecule has 10 heteroatoms. The summed E-state index contributed by atoms with van der Waals surface area (Å²) in [5.74, 6) is -0.882. The van der Waals surface area contributed by atoms with Gasteiger partial charge in [-0.25, -0.2) is 9.99 Å². The number of hydrogen-bond donors (Lipinski definition) is 1. The van der Waals surface area contributed by atoms with E-state index in [-0.39, 0.29) is 30.3 Å². The Morgan fingerprint density at radius 1 is 1.10 bits per heavy atom. The summed E-state index contributed by atoms with van der Waals surface area (Å²) in [6.07, 6.45) is -2.70. The van der Waals surface area contributed by atoms with Crippen molar-refractivity contribution >= 4 is 23.2 Å². The number of nitrogens with one attached hydrogen (secondary N) is 1. The molecule has 1 aliphatic heterocycles. The Labute approximate surface area is 170 Å². The lowest BCUT2D eigenvalue weighted by molar-refractivity contribution is -0.154. The summed E-state index contributed by atoms with van der Waals surface area (Å²) in [6, 6.07) is 12.1. The molecule has 2 heterocycles. The first kappa shape index (κ1) is 21.3. The molecule has 30 heavy (non-hydrogen) atoms. The summed E-state index contributed by atoms with van der Waals surface area (Å²) in [6.45, 7) is -0.979. The third-order valence-corrected chi connectivity index (χ3v) is 4.17. The van der Waals surface area contributed by atoms with E-state index >= 15 is 0 Å². The lowest BCUT2D eigenvalue weighted by atomic mass is 10.1. The van der Waals surface area contributed by atoms with Gasteiger partial charge < -0.3 is 10.1 Å². The Morgan fingerprint density at radius 2 is 1.87 bits per heavy atom. The quantitative estimate of drug-likeness (QED) is 0.744. The van der Waals surface area contributed by atoms with Crippen molar-refractivity contribution in [1.29, 1.82) is 0 Å².